The highest BCUT2D eigenvalue weighted by molar-refractivity contribution is 5.78. The van der Waals surface area contributed by atoms with Crippen LogP contribution in [0.15, 0.2) is 0 Å². The van der Waals surface area contributed by atoms with Crippen molar-refractivity contribution < 1.29 is 14.3 Å². The van der Waals surface area contributed by atoms with Crippen molar-refractivity contribution in [1.82, 2.24) is 10.2 Å². The van der Waals surface area contributed by atoms with Crippen molar-refractivity contribution in [3.63, 3.8) is 0 Å². The highest BCUT2D eigenvalue weighted by Crippen LogP contribution is 2.16. The molecule has 0 aliphatic carbocycles. The Balaban J connectivity index is 2.14. The second kappa shape index (κ2) is 6.75. The molecule has 0 saturated carbocycles. The highest BCUT2D eigenvalue weighted by Gasteiger charge is 2.27. The summed E-state index contributed by atoms with van der Waals surface area (Å²) in [6.45, 7) is 7.92. The molecular formula is C13H25N3O3. The van der Waals surface area contributed by atoms with Gasteiger partial charge in [-0.05, 0) is 39.7 Å². The summed E-state index contributed by atoms with van der Waals surface area (Å²) in [6, 6.07) is 0. The summed E-state index contributed by atoms with van der Waals surface area (Å²) in [5.74, 6) is 0.444. The van der Waals surface area contributed by atoms with E-state index < -0.39 is 11.7 Å². The van der Waals surface area contributed by atoms with E-state index in [2.05, 4.69) is 5.32 Å². The molecule has 0 aromatic rings. The molecular weight excluding hydrogens is 246 g/mol. The van der Waals surface area contributed by atoms with Gasteiger partial charge in [-0.1, -0.05) is 0 Å². The van der Waals surface area contributed by atoms with Crippen molar-refractivity contribution in [2.45, 2.75) is 39.2 Å². The van der Waals surface area contributed by atoms with E-state index in [1.165, 1.54) is 0 Å². The molecule has 0 aromatic heterocycles. The van der Waals surface area contributed by atoms with E-state index in [0.717, 1.165) is 13.0 Å². The quantitative estimate of drug-likeness (QED) is 0.721. The van der Waals surface area contributed by atoms with Crippen LogP contribution in [0, 0.1) is 5.92 Å². The first-order valence-electron chi connectivity index (χ1n) is 6.76. The van der Waals surface area contributed by atoms with Gasteiger partial charge in [0.1, 0.15) is 5.60 Å². The van der Waals surface area contributed by atoms with Gasteiger partial charge in [0.2, 0.25) is 5.91 Å². The molecule has 1 heterocycles. The van der Waals surface area contributed by atoms with Crippen molar-refractivity contribution >= 4 is 12.0 Å². The summed E-state index contributed by atoms with van der Waals surface area (Å²) < 4.78 is 5.12. The molecule has 19 heavy (non-hydrogen) atoms. The molecule has 6 heteroatoms. The Morgan fingerprint density at radius 1 is 1.53 bits per heavy atom. The number of amides is 2. The van der Waals surface area contributed by atoms with Gasteiger partial charge in [0.05, 0.1) is 0 Å². The lowest BCUT2D eigenvalue weighted by Crippen LogP contribution is -2.35. The molecule has 1 aliphatic rings. The third-order valence-electron chi connectivity index (χ3n) is 2.90. The van der Waals surface area contributed by atoms with E-state index in [1.54, 1.807) is 0 Å². The summed E-state index contributed by atoms with van der Waals surface area (Å²) >= 11 is 0. The molecule has 0 bridgehead atoms. The van der Waals surface area contributed by atoms with Crippen molar-refractivity contribution in [1.29, 1.82) is 0 Å². The number of rotatable bonds is 5. The minimum absolute atomic E-state index is 0.160. The minimum Gasteiger partial charge on any atom is -0.444 e. The van der Waals surface area contributed by atoms with Crippen LogP contribution in [0.3, 0.4) is 0 Å². The molecule has 110 valence electrons. The van der Waals surface area contributed by atoms with E-state index in [0.29, 0.717) is 26.1 Å². The Labute approximate surface area is 114 Å². The van der Waals surface area contributed by atoms with Gasteiger partial charge in [0.25, 0.3) is 0 Å². The van der Waals surface area contributed by atoms with E-state index in [9.17, 15) is 9.59 Å². The Kier molecular flexibility index (Phi) is 5.60. The van der Waals surface area contributed by atoms with Crippen LogP contribution in [0.4, 0.5) is 4.79 Å². The standard InChI is InChI=1S/C13H25N3O3/c1-13(2,3)19-12(18)15-5-4-6-16-9-10(8-14)7-11(16)17/h10H,4-9,14H2,1-3H3,(H,15,18). The number of alkyl carbamates (subject to hydrolysis) is 1. The number of ether oxygens (including phenoxy) is 1. The molecule has 1 saturated heterocycles. The number of nitrogens with two attached hydrogens (primary N) is 1. The fourth-order valence-corrected chi connectivity index (χ4v) is 2.00. The zero-order valence-electron chi connectivity index (χ0n) is 12.1. The van der Waals surface area contributed by atoms with Crippen LogP contribution in [0.1, 0.15) is 33.6 Å². The molecule has 1 fully saturated rings. The number of carbonyl (C=O) groups excluding carboxylic acids is 2. The number of carbonyl (C=O) groups is 2. The molecule has 1 aliphatic heterocycles. The van der Waals surface area contributed by atoms with E-state index in [-0.39, 0.29) is 11.8 Å². The van der Waals surface area contributed by atoms with E-state index >= 15 is 0 Å². The monoisotopic (exact) mass is 271 g/mol. The fourth-order valence-electron chi connectivity index (χ4n) is 2.00. The molecule has 2 amide bonds. The molecule has 1 unspecified atom stereocenters. The number of hydrogen-bond acceptors (Lipinski definition) is 4. The Hall–Kier alpha value is -1.30. The number of likely N-dealkylation sites (tertiary alicyclic amines) is 1. The fraction of sp³-hybridized carbons (Fsp3) is 0.846. The summed E-state index contributed by atoms with van der Waals surface area (Å²) in [5, 5.41) is 2.68. The molecule has 1 atom stereocenters. The van der Waals surface area contributed by atoms with E-state index in [1.807, 2.05) is 25.7 Å². The first kappa shape index (κ1) is 15.8. The van der Waals surface area contributed by atoms with Crippen molar-refractivity contribution in [2.24, 2.45) is 11.7 Å². The summed E-state index contributed by atoms with van der Waals surface area (Å²) in [5.41, 5.74) is 5.08. The Morgan fingerprint density at radius 2 is 2.21 bits per heavy atom. The van der Waals surface area contributed by atoms with Crippen molar-refractivity contribution in [3.8, 4) is 0 Å². The van der Waals surface area contributed by atoms with Gasteiger partial charge in [-0.3, -0.25) is 4.79 Å². The summed E-state index contributed by atoms with van der Waals surface area (Å²) in [4.78, 5) is 24.8. The number of hydrogen-bond donors (Lipinski definition) is 2. The Bertz CT molecular complexity index is 326. The SMILES string of the molecule is CC(C)(C)OC(=O)NCCCN1CC(CN)CC1=O. The third kappa shape index (κ3) is 5.92. The van der Waals surface area contributed by atoms with Crippen molar-refractivity contribution in [3.05, 3.63) is 0 Å². The molecule has 0 radical (unpaired) electrons. The predicted octanol–water partition coefficient (Wildman–Crippen LogP) is 0.708. The number of nitrogens with zero attached hydrogens (tertiary/aromatic N) is 1. The maximum Gasteiger partial charge on any atom is 0.407 e. The van der Waals surface area contributed by atoms with Crippen molar-refractivity contribution in [2.75, 3.05) is 26.2 Å². The average molecular weight is 271 g/mol. The summed E-state index contributed by atoms with van der Waals surface area (Å²) in [6.07, 6.45) is 0.859. The van der Waals surface area contributed by atoms with Gasteiger partial charge >= 0.3 is 6.09 Å². The lowest BCUT2D eigenvalue weighted by atomic mass is 10.1. The maximum absolute atomic E-state index is 11.6. The topological polar surface area (TPSA) is 84.7 Å². The van der Waals surface area contributed by atoms with E-state index in [4.69, 9.17) is 10.5 Å². The minimum atomic E-state index is -0.483. The van der Waals surface area contributed by atoms with Gasteiger partial charge in [-0.25, -0.2) is 4.79 Å². The first-order valence-corrected chi connectivity index (χ1v) is 6.76. The van der Waals surface area contributed by atoms with Crippen LogP contribution in [0.25, 0.3) is 0 Å². The second-order valence-electron chi connectivity index (χ2n) is 5.93. The number of nitrogens with one attached hydrogen (secondary N) is 1. The van der Waals surface area contributed by atoms with Crippen LogP contribution in [-0.2, 0) is 9.53 Å². The normalized spacial score (nSPS) is 19.7. The average Bonchev–Trinajstić information content (AvgIpc) is 2.63. The van der Waals surface area contributed by atoms with Crippen LogP contribution >= 0.6 is 0 Å². The lowest BCUT2D eigenvalue weighted by molar-refractivity contribution is -0.127. The van der Waals surface area contributed by atoms with Crippen LogP contribution in [-0.4, -0.2) is 48.7 Å². The first-order chi connectivity index (χ1) is 8.81. The molecule has 6 nitrogen and oxygen atoms in total. The van der Waals surface area contributed by atoms with Gasteiger partial charge in [0, 0.05) is 26.1 Å². The van der Waals surface area contributed by atoms with Gasteiger partial charge in [0.15, 0.2) is 0 Å². The summed E-state index contributed by atoms with van der Waals surface area (Å²) in [7, 11) is 0. The zero-order chi connectivity index (χ0) is 14.5. The molecule has 0 aromatic carbocycles. The van der Waals surface area contributed by atoms with Crippen LogP contribution < -0.4 is 11.1 Å². The molecule has 0 spiro atoms. The van der Waals surface area contributed by atoms with Gasteiger partial charge in [-0.2, -0.15) is 0 Å². The van der Waals surface area contributed by atoms with Crippen LogP contribution in [0.2, 0.25) is 0 Å². The largest absolute Gasteiger partial charge is 0.444 e. The molecule has 1 rings (SSSR count). The maximum atomic E-state index is 11.6. The van der Waals surface area contributed by atoms with Gasteiger partial charge < -0.3 is 20.7 Å². The third-order valence-corrected chi connectivity index (χ3v) is 2.90. The molecule has 3 N–H and O–H groups in total. The highest BCUT2D eigenvalue weighted by atomic mass is 16.6. The Morgan fingerprint density at radius 3 is 2.74 bits per heavy atom. The van der Waals surface area contributed by atoms with Crippen LogP contribution in [0.5, 0.6) is 0 Å². The van der Waals surface area contributed by atoms with Gasteiger partial charge in [-0.15, -0.1) is 0 Å². The zero-order valence-corrected chi connectivity index (χ0v) is 12.1. The second-order valence-corrected chi connectivity index (χ2v) is 5.93. The smallest absolute Gasteiger partial charge is 0.407 e. The lowest BCUT2D eigenvalue weighted by Gasteiger charge is -2.20. The predicted molar refractivity (Wildman–Crippen MR) is 72.6 cm³/mol.